The molecule has 1 amide bonds. The van der Waals surface area contributed by atoms with E-state index in [9.17, 15) is 19.8 Å². The molecule has 0 spiro atoms. The van der Waals surface area contributed by atoms with E-state index in [1.807, 2.05) is 29.2 Å². The molecule has 8 nitrogen and oxygen atoms in total. The summed E-state index contributed by atoms with van der Waals surface area (Å²) in [6.07, 6.45) is 1.75. The van der Waals surface area contributed by atoms with E-state index in [4.69, 9.17) is 0 Å². The number of aromatic hydroxyl groups is 1. The number of anilines is 2. The van der Waals surface area contributed by atoms with Gasteiger partial charge in [0, 0.05) is 17.2 Å². The molecule has 34 heavy (non-hydrogen) atoms. The number of nitrogens with one attached hydrogen (secondary N) is 2. The smallest absolute Gasteiger partial charge is 0.335 e. The van der Waals surface area contributed by atoms with Crippen LogP contribution < -0.4 is 15.6 Å². The van der Waals surface area contributed by atoms with Crippen LogP contribution in [0.4, 0.5) is 11.4 Å². The van der Waals surface area contributed by atoms with Gasteiger partial charge in [0.1, 0.15) is 5.75 Å². The first-order chi connectivity index (χ1) is 16.5. The summed E-state index contributed by atoms with van der Waals surface area (Å²) in [6.45, 7) is 1.73. The highest BCUT2D eigenvalue weighted by Crippen LogP contribution is 2.37. The highest BCUT2D eigenvalue weighted by atomic mass is 16.4. The van der Waals surface area contributed by atoms with Crippen molar-refractivity contribution in [3.8, 4) is 16.9 Å². The number of benzene rings is 3. The molecule has 4 N–H and O–H groups in total. The zero-order chi connectivity index (χ0) is 23.7. The summed E-state index contributed by atoms with van der Waals surface area (Å²) in [7, 11) is 0. The molecular formula is C26H24N4O4. The van der Waals surface area contributed by atoms with Crippen molar-refractivity contribution in [2.45, 2.75) is 18.9 Å². The lowest BCUT2D eigenvalue weighted by molar-refractivity contribution is -0.112. The number of nitrogens with zero attached hydrogens (tertiary/aromatic N) is 2. The largest absolute Gasteiger partial charge is 0.505 e. The van der Waals surface area contributed by atoms with Crippen LogP contribution in [0, 0.1) is 0 Å². The topological polar surface area (TPSA) is 114 Å². The number of fused-ring (bicyclic) bond motifs is 1. The molecule has 172 valence electrons. The van der Waals surface area contributed by atoms with Crippen molar-refractivity contribution in [3.63, 3.8) is 0 Å². The van der Waals surface area contributed by atoms with Gasteiger partial charge >= 0.3 is 5.97 Å². The summed E-state index contributed by atoms with van der Waals surface area (Å²) in [5.41, 5.74) is 6.23. The van der Waals surface area contributed by atoms with Gasteiger partial charge in [-0.1, -0.05) is 42.5 Å². The molecule has 0 radical (unpaired) electrons. The second-order valence-electron chi connectivity index (χ2n) is 8.33. The van der Waals surface area contributed by atoms with Crippen LogP contribution in [-0.2, 0) is 4.79 Å². The molecule has 0 saturated carbocycles. The lowest BCUT2D eigenvalue weighted by Gasteiger charge is -2.31. The third-order valence-electron chi connectivity index (χ3n) is 6.26. The summed E-state index contributed by atoms with van der Waals surface area (Å²) in [4.78, 5) is 26.5. The first-order valence-corrected chi connectivity index (χ1v) is 11.2. The first-order valence-electron chi connectivity index (χ1n) is 11.2. The molecule has 1 saturated heterocycles. The van der Waals surface area contributed by atoms with E-state index in [1.165, 1.54) is 12.1 Å². The Morgan fingerprint density at radius 2 is 1.74 bits per heavy atom. The predicted molar refractivity (Wildman–Crippen MR) is 130 cm³/mol. The highest BCUT2D eigenvalue weighted by molar-refractivity contribution is 6.54. The average Bonchev–Trinajstić information content (AvgIpc) is 3.15. The SMILES string of the molecule is O=C(O)c1cccc(-c2cccc(N/N=C3\C(=O)N(C4CCNCC4)c4ccccc43)c2O)c1. The van der Waals surface area contributed by atoms with Gasteiger partial charge in [-0.05, 0) is 55.8 Å². The quantitative estimate of drug-likeness (QED) is 0.344. The maximum Gasteiger partial charge on any atom is 0.335 e. The van der Waals surface area contributed by atoms with Crippen LogP contribution in [0.3, 0.4) is 0 Å². The second kappa shape index (κ2) is 8.99. The number of carboxylic acids is 1. The number of rotatable bonds is 5. The first kappa shape index (κ1) is 21.7. The summed E-state index contributed by atoms with van der Waals surface area (Å²) in [5, 5.41) is 27.9. The van der Waals surface area contributed by atoms with Gasteiger partial charge in [0.05, 0.1) is 16.9 Å². The average molecular weight is 457 g/mol. The number of phenols is 1. The summed E-state index contributed by atoms with van der Waals surface area (Å²) in [5.74, 6) is -1.28. The van der Waals surface area contributed by atoms with Gasteiger partial charge in [0.2, 0.25) is 0 Å². The fourth-order valence-corrected chi connectivity index (χ4v) is 4.56. The van der Waals surface area contributed by atoms with Gasteiger partial charge in [0.15, 0.2) is 5.71 Å². The van der Waals surface area contributed by atoms with Crippen molar-refractivity contribution in [2.24, 2.45) is 5.10 Å². The number of carbonyl (C=O) groups is 2. The number of amides is 1. The lowest BCUT2D eigenvalue weighted by Crippen LogP contribution is -2.45. The minimum Gasteiger partial charge on any atom is -0.505 e. The van der Waals surface area contributed by atoms with E-state index in [2.05, 4.69) is 15.8 Å². The van der Waals surface area contributed by atoms with Crippen LogP contribution in [0.25, 0.3) is 11.1 Å². The molecule has 2 aliphatic rings. The molecule has 3 aromatic rings. The van der Waals surface area contributed by atoms with E-state index in [1.54, 1.807) is 30.3 Å². The van der Waals surface area contributed by atoms with Crippen molar-refractivity contribution in [1.82, 2.24) is 5.32 Å². The van der Waals surface area contributed by atoms with E-state index < -0.39 is 5.97 Å². The Morgan fingerprint density at radius 1 is 1.00 bits per heavy atom. The van der Waals surface area contributed by atoms with Gasteiger partial charge in [-0.3, -0.25) is 10.2 Å². The molecule has 2 heterocycles. The summed E-state index contributed by atoms with van der Waals surface area (Å²) < 4.78 is 0. The van der Waals surface area contributed by atoms with Crippen molar-refractivity contribution in [3.05, 3.63) is 77.9 Å². The number of carboxylic acid groups (broad SMARTS) is 1. The van der Waals surface area contributed by atoms with Crippen molar-refractivity contribution in [1.29, 1.82) is 0 Å². The van der Waals surface area contributed by atoms with Crippen LogP contribution in [-0.4, -0.2) is 46.9 Å². The summed E-state index contributed by atoms with van der Waals surface area (Å²) in [6, 6.07) is 19.1. The Kier molecular flexibility index (Phi) is 5.73. The Hall–Kier alpha value is -4.17. The van der Waals surface area contributed by atoms with E-state index in [0.717, 1.165) is 37.2 Å². The minimum atomic E-state index is -1.04. The van der Waals surface area contributed by atoms with Gasteiger partial charge in [0.25, 0.3) is 5.91 Å². The minimum absolute atomic E-state index is 0.0802. The van der Waals surface area contributed by atoms with Gasteiger partial charge < -0.3 is 20.4 Å². The van der Waals surface area contributed by atoms with Crippen molar-refractivity contribution >= 4 is 29.0 Å². The number of hydrogen-bond donors (Lipinski definition) is 4. The number of hydrogen-bond acceptors (Lipinski definition) is 6. The zero-order valence-electron chi connectivity index (χ0n) is 18.4. The monoisotopic (exact) mass is 456 g/mol. The number of phenolic OH excluding ortho intramolecular Hbond substituents is 1. The van der Waals surface area contributed by atoms with E-state index >= 15 is 0 Å². The third kappa shape index (κ3) is 3.88. The molecule has 0 aromatic heterocycles. The fraction of sp³-hybridized carbons (Fsp3) is 0.192. The highest BCUT2D eigenvalue weighted by Gasteiger charge is 2.38. The van der Waals surface area contributed by atoms with Crippen molar-refractivity contribution < 1.29 is 19.8 Å². The van der Waals surface area contributed by atoms with E-state index in [-0.39, 0.29) is 23.3 Å². The Bertz CT molecular complexity index is 1300. The normalized spacial score (nSPS) is 17.1. The maximum absolute atomic E-state index is 13.4. The molecule has 3 aromatic carbocycles. The van der Waals surface area contributed by atoms with Gasteiger partial charge in [-0.2, -0.15) is 5.10 Å². The molecular weight excluding hydrogens is 432 g/mol. The second-order valence-corrected chi connectivity index (χ2v) is 8.33. The standard InChI is InChI=1S/C26H24N4O4/c31-24-19(16-5-3-6-17(15-16)26(33)34)8-4-9-21(24)28-29-23-20-7-1-2-10-22(20)30(25(23)32)18-11-13-27-14-12-18/h1-10,15,18,27-28,31H,11-14H2,(H,33,34)/b29-23-. The summed E-state index contributed by atoms with van der Waals surface area (Å²) >= 11 is 0. The molecule has 0 unspecified atom stereocenters. The Morgan fingerprint density at radius 3 is 2.53 bits per heavy atom. The number of hydrazone groups is 1. The molecule has 0 bridgehead atoms. The van der Waals surface area contributed by atoms with Crippen LogP contribution in [0.2, 0.25) is 0 Å². The van der Waals surface area contributed by atoms with Crippen LogP contribution in [0.5, 0.6) is 5.75 Å². The molecule has 8 heteroatoms. The van der Waals surface area contributed by atoms with Gasteiger partial charge in [-0.15, -0.1) is 0 Å². The van der Waals surface area contributed by atoms with Crippen LogP contribution >= 0.6 is 0 Å². The maximum atomic E-state index is 13.4. The Balaban J connectivity index is 1.46. The molecule has 5 rings (SSSR count). The number of piperidine rings is 1. The van der Waals surface area contributed by atoms with Crippen LogP contribution in [0.15, 0.2) is 71.8 Å². The number of carbonyl (C=O) groups excluding carboxylic acids is 1. The molecule has 0 atom stereocenters. The van der Waals surface area contributed by atoms with Gasteiger partial charge in [-0.25, -0.2) is 4.79 Å². The molecule has 1 fully saturated rings. The molecule has 0 aliphatic carbocycles. The van der Waals surface area contributed by atoms with E-state index in [0.29, 0.717) is 22.5 Å². The number of aromatic carboxylic acids is 1. The third-order valence-corrected chi connectivity index (χ3v) is 6.26. The molecule has 2 aliphatic heterocycles. The fourth-order valence-electron chi connectivity index (χ4n) is 4.56. The zero-order valence-corrected chi connectivity index (χ0v) is 18.4. The number of para-hydroxylation sites is 2. The van der Waals surface area contributed by atoms with Crippen LogP contribution in [0.1, 0.15) is 28.8 Å². The Labute approximate surface area is 196 Å². The van der Waals surface area contributed by atoms with Crippen molar-refractivity contribution in [2.75, 3.05) is 23.4 Å². The lowest BCUT2D eigenvalue weighted by atomic mass is 10.0. The predicted octanol–water partition coefficient (Wildman–Crippen LogP) is 3.67.